The molecule has 0 aromatic carbocycles. The maximum Gasteiger partial charge on any atom is 0.409 e. The Balaban J connectivity index is 2.45. The van der Waals surface area contributed by atoms with Crippen LogP contribution in [0.15, 0.2) is 4.99 Å². The molecule has 0 spiro atoms. The summed E-state index contributed by atoms with van der Waals surface area (Å²) in [6.45, 7) is 11.3. The predicted octanol–water partition coefficient (Wildman–Crippen LogP) is 0.304. The first kappa shape index (κ1) is 20.5. The van der Waals surface area contributed by atoms with Crippen LogP contribution in [-0.2, 0) is 9.47 Å². The fourth-order valence-electron chi connectivity index (χ4n) is 2.43. The van der Waals surface area contributed by atoms with E-state index in [9.17, 15) is 4.79 Å². The van der Waals surface area contributed by atoms with Crippen LogP contribution in [0.2, 0.25) is 0 Å². The normalized spacial score (nSPS) is 15.8. The average molecular weight is 343 g/mol. The van der Waals surface area contributed by atoms with Gasteiger partial charge in [0.25, 0.3) is 0 Å². The highest BCUT2D eigenvalue weighted by Gasteiger charge is 2.23. The first-order chi connectivity index (χ1) is 11.6. The third-order valence-corrected chi connectivity index (χ3v) is 3.86. The van der Waals surface area contributed by atoms with E-state index in [-0.39, 0.29) is 6.09 Å². The number of amides is 1. The summed E-state index contributed by atoms with van der Waals surface area (Å²) in [6, 6.07) is 0. The largest absolute Gasteiger partial charge is 0.450 e. The topological polar surface area (TPSA) is 69.6 Å². The summed E-state index contributed by atoms with van der Waals surface area (Å²) < 4.78 is 10.1. The van der Waals surface area contributed by atoms with E-state index < -0.39 is 0 Å². The average Bonchev–Trinajstić information content (AvgIpc) is 2.59. The Hall–Kier alpha value is -1.54. The fraction of sp³-hybridized carbons (Fsp3) is 0.875. The molecule has 0 aromatic rings. The molecule has 1 aliphatic rings. The number of ether oxygens (including phenoxy) is 2. The van der Waals surface area contributed by atoms with Gasteiger partial charge in [-0.2, -0.15) is 0 Å². The van der Waals surface area contributed by atoms with Crippen LogP contribution in [0.1, 0.15) is 13.8 Å². The molecule has 1 saturated heterocycles. The van der Waals surface area contributed by atoms with E-state index >= 15 is 0 Å². The summed E-state index contributed by atoms with van der Waals surface area (Å²) >= 11 is 0. The molecule has 24 heavy (non-hydrogen) atoms. The van der Waals surface area contributed by atoms with Gasteiger partial charge in [-0.3, -0.25) is 4.99 Å². The van der Waals surface area contributed by atoms with Crippen molar-refractivity contribution < 1.29 is 14.3 Å². The van der Waals surface area contributed by atoms with Crippen molar-refractivity contribution in [3.8, 4) is 0 Å². The SMILES string of the molecule is CCNC(=NCCN(C)CCOC)N1CCN(C(=O)OCC)CC1. The van der Waals surface area contributed by atoms with Crippen molar-refractivity contribution in [2.24, 2.45) is 4.99 Å². The van der Waals surface area contributed by atoms with Crippen molar-refractivity contribution in [2.45, 2.75) is 13.8 Å². The number of piperazine rings is 1. The second-order valence-electron chi connectivity index (χ2n) is 5.70. The summed E-state index contributed by atoms with van der Waals surface area (Å²) in [7, 11) is 3.78. The molecular formula is C16H33N5O3. The first-order valence-corrected chi connectivity index (χ1v) is 8.74. The Bertz CT molecular complexity index is 384. The number of nitrogens with zero attached hydrogens (tertiary/aromatic N) is 4. The molecule has 0 saturated carbocycles. The number of hydrogen-bond donors (Lipinski definition) is 1. The fourth-order valence-corrected chi connectivity index (χ4v) is 2.43. The Morgan fingerprint density at radius 3 is 2.42 bits per heavy atom. The molecule has 1 heterocycles. The van der Waals surface area contributed by atoms with Gasteiger partial charge < -0.3 is 29.5 Å². The zero-order chi connectivity index (χ0) is 17.8. The second-order valence-corrected chi connectivity index (χ2v) is 5.70. The van der Waals surface area contributed by atoms with E-state index in [1.165, 1.54) is 0 Å². The van der Waals surface area contributed by atoms with E-state index in [1.54, 1.807) is 12.0 Å². The van der Waals surface area contributed by atoms with E-state index in [1.807, 2.05) is 6.92 Å². The maximum atomic E-state index is 11.8. The molecule has 0 aliphatic carbocycles. The lowest BCUT2D eigenvalue weighted by Gasteiger charge is -2.36. The van der Waals surface area contributed by atoms with Gasteiger partial charge in [0.05, 0.1) is 19.8 Å². The number of nitrogens with one attached hydrogen (secondary N) is 1. The highest BCUT2D eigenvalue weighted by atomic mass is 16.6. The molecule has 140 valence electrons. The number of methoxy groups -OCH3 is 1. The molecule has 8 nitrogen and oxygen atoms in total. The standard InChI is InChI=1S/C16H33N5O3/c1-5-17-15(18-7-8-19(3)13-14-23-4)20-9-11-21(12-10-20)16(22)24-6-2/h5-14H2,1-4H3,(H,17,18). The van der Waals surface area contributed by atoms with Crippen molar-refractivity contribution in [3.63, 3.8) is 0 Å². The van der Waals surface area contributed by atoms with Crippen LogP contribution in [0.25, 0.3) is 0 Å². The Morgan fingerprint density at radius 2 is 1.83 bits per heavy atom. The minimum absolute atomic E-state index is 0.223. The van der Waals surface area contributed by atoms with Gasteiger partial charge in [0.1, 0.15) is 0 Å². The molecular weight excluding hydrogens is 310 g/mol. The van der Waals surface area contributed by atoms with Crippen LogP contribution in [0.3, 0.4) is 0 Å². The van der Waals surface area contributed by atoms with Crippen LogP contribution in [0, 0.1) is 0 Å². The monoisotopic (exact) mass is 343 g/mol. The first-order valence-electron chi connectivity index (χ1n) is 8.74. The number of carbonyl (C=O) groups excluding carboxylic acids is 1. The predicted molar refractivity (Wildman–Crippen MR) is 95.5 cm³/mol. The van der Waals surface area contributed by atoms with E-state index in [2.05, 4.69) is 29.1 Å². The number of likely N-dealkylation sites (N-methyl/N-ethyl adjacent to an activating group) is 1. The summed E-state index contributed by atoms with van der Waals surface area (Å²) in [5.41, 5.74) is 0. The summed E-state index contributed by atoms with van der Waals surface area (Å²) in [5.74, 6) is 0.918. The lowest BCUT2D eigenvalue weighted by molar-refractivity contribution is 0.0914. The van der Waals surface area contributed by atoms with Gasteiger partial charge in [0.2, 0.25) is 0 Å². The lowest BCUT2D eigenvalue weighted by atomic mass is 10.3. The minimum Gasteiger partial charge on any atom is -0.450 e. The van der Waals surface area contributed by atoms with Crippen molar-refractivity contribution in [3.05, 3.63) is 0 Å². The number of aliphatic imine (C=N–C) groups is 1. The molecule has 0 atom stereocenters. The molecule has 0 unspecified atom stereocenters. The van der Waals surface area contributed by atoms with Crippen molar-refractivity contribution in [2.75, 3.05) is 79.7 Å². The zero-order valence-corrected chi connectivity index (χ0v) is 15.6. The lowest BCUT2D eigenvalue weighted by Crippen LogP contribution is -2.54. The van der Waals surface area contributed by atoms with Crippen LogP contribution in [0.4, 0.5) is 4.79 Å². The second kappa shape index (κ2) is 11.9. The Kier molecular flexibility index (Phi) is 10.2. The molecule has 0 aromatic heterocycles. The van der Waals surface area contributed by atoms with Crippen LogP contribution in [-0.4, -0.2) is 106 Å². The van der Waals surface area contributed by atoms with Crippen molar-refractivity contribution >= 4 is 12.1 Å². The Morgan fingerprint density at radius 1 is 1.17 bits per heavy atom. The van der Waals surface area contributed by atoms with Gasteiger partial charge >= 0.3 is 6.09 Å². The third kappa shape index (κ3) is 7.35. The molecule has 1 fully saturated rings. The number of hydrogen-bond acceptors (Lipinski definition) is 5. The molecule has 8 heteroatoms. The van der Waals surface area contributed by atoms with E-state index in [0.717, 1.165) is 51.8 Å². The van der Waals surface area contributed by atoms with E-state index in [0.29, 0.717) is 19.7 Å². The van der Waals surface area contributed by atoms with Crippen molar-refractivity contribution in [1.82, 2.24) is 20.0 Å². The van der Waals surface area contributed by atoms with Crippen LogP contribution in [0.5, 0.6) is 0 Å². The summed E-state index contributed by atoms with van der Waals surface area (Å²) in [5, 5.41) is 3.34. The van der Waals surface area contributed by atoms with Gasteiger partial charge in [-0.05, 0) is 20.9 Å². The smallest absolute Gasteiger partial charge is 0.409 e. The summed E-state index contributed by atoms with van der Waals surface area (Å²) in [6.07, 6.45) is -0.223. The Labute approximate surface area is 145 Å². The molecule has 1 rings (SSSR count). The van der Waals surface area contributed by atoms with Crippen molar-refractivity contribution in [1.29, 1.82) is 0 Å². The van der Waals surface area contributed by atoms with Gasteiger partial charge in [-0.1, -0.05) is 0 Å². The summed E-state index contributed by atoms with van der Waals surface area (Å²) in [4.78, 5) is 22.6. The highest BCUT2D eigenvalue weighted by molar-refractivity contribution is 5.80. The maximum absolute atomic E-state index is 11.8. The molecule has 0 bridgehead atoms. The van der Waals surface area contributed by atoms with Gasteiger partial charge in [-0.25, -0.2) is 4.79 Å². The minimum atomic E-state index is -0.223. The number of guanidine groups is 1. The van der Waals surface area contributed by atoms with Gasteiger partial charge in [-0.15, -0.1) is 0 Å². The van der Waals surface area contributed by atoms with Crippen LogP contribution >= 0.6 is 0 Å². The highest BCUT2D eigenvalue weighted by Crippen LogP contribution is 2.04. The molecule has 1 aliphatic heterocycles. The van der Waals surface area contributed by atoms with Gasteiger partial charge in [0, 0.05) is 52.9 Å². The molecule has 1 amide bonds. The zero-order valence-electron chi connectivity index (χ0n) is 15.6. The van der Waals surface area contributed by atoms with Gasteiger partial charge in [0.15, 0.2) is 5.96 Å². The van der Waals surface area contributed by atoms with Crippen LogP contribution < -0.4 is 5.32 Å². The molecule has 1 N–H and O–H groups in total. The number of carbonyl (C=O) groups is 1. The number of rotatable bonds is 8. The van der Waals surface area contributed by atoms with E-state index in [4.69, 9.17) is 14.5 Å². The third-order valence-electron chi connectivity index (χ3n) is 3.86. The molecule has 0 radical (unpaired) electrons. The quantitative estimate of drug-likeness (QED) is 0.505.